The Balaban J connectivity index is 2.14. The Morgan fingerprint density at radius 3 is 2.81 bits per heavy atom. The van der Waals surface area contributed by atoms with Gasteiger partial charge in [-0.25, -0.2) is 4.39 Å². The van der Waals surface area contributed by atoms with E-state index in [-0.39, 0.29) is 5.82 Å². The Bertz CT molecular complexity index is 388. The van der Waals surface area contributed by atoms with Gasteiger partial charge < -0.3 is 5.73 Å². The average molecular weight is 221 g/mol. The molecule has 0 bridgehead atoms. The summed E-state index contributed by atoms with van der Waals surface area (Å²) in [7, 11) is 0. The van der Waals surface area contributed by atoms with Crippen LogP contribution in [0.3, 0.4) is 0 Å². The van der Waals surface area contributed by atoms with Crippen LogP contribution in [0, 0.1) is 18.2 Å². The van der Waals surface area contributed by atoms with Crippen molar-refractivity contribution in [2.45, 2.75) is 45.6 Å². The first-order valence-electron chi connectivity index (χ1n) is 5.99. The van der Waals surface area contributed by atoms with Gasteiger partial charge in [-0.15, -0.1) is 0 Å². The molecule has 0 amide bonds. The van der Waals surface area contributed by atoms with E-state index in [0.29, 0.717) is 11.5 Å². The highest BCUT2D eigenvalue weighted by Crippen LogP contribution is 2.40. The molecule has 0 heterocycles. The molecule has 0 radical (unpaired) electrons. The third kappa shape index (κ3) is 2.43. The van der Waals surface area contributed by atoms with Crippen LogP contribution < -0.4 is 5.73 Å². The van der Waals surface area contributed by atoms with Crippen LogP contribution in [0.15, 0.2) is 18.2 Å². The molecule has 0 saturated heterocycles. The number of hydrogen-bond donors (Lipinski definition) is 1. The molecular weight excluding hydrogens is 201 g/mol. The van der Waals surface area contributed by atoms with Gasteiger partial charge in [0.15, 0.2) is 0 Å². The lowest BCUT2D eigenvalue weighted by Gasteiger charge is -2.24. The quantitative estimate of drug-likeness (QED) is 0.815. The molecule has 88 valence electrons. The lowest BCUT2D eigenvalue weighted by Crippen LogP contribution is -2.21. The van der Waals surface area contributed by atoms with Crippen molar-refractivity contribution >= 4 is 0 Å². The van der Waals surface area contributed by atoms with Gasteiger partial charge in [-0.05, 0) is 61.3 Å². The first kappa shape index (κ1) is 11.6. The third-order valence-electron chi connectivity index (χ3n) is 3.80. The molecule has 2 atom stereocenters. The number of halogens is 1. The summed E-state index contributed by atoms with van der Waals surface area (Å²) in [6.07, 6.45) is 4.42. The van der Waals surface area contributed by atoms with E-state index in [1.165, 1.54) is 12.0 Å². The van der Waals surface area contributed by atoms with Gasteiger partial charge in [-0.1, -0.05) is 13.0 Å². The molecule has 2 heteroatoms. The zero-order chi connectivity index (χ0) is 11.8. The fraction of sp³-hybridized carbons (Fsp3) is 0.571. The third-order valence-corrected chi connectivity index (χ3v) is 3.80. The van der Waals surface area contributed by atoms with Crippen LogP contribution in [0.2, 0.25) is 0 Å². The SMILES string of the molecule is Cc1cc(F)ccc1CC1(C)CCC(N)C1. The molecule has 1 aliphatic carbocycles. The monoisotopic (exact) mass is 221 g/mol. The van der Waals surface area contributed by atoms with Gasteiger partial charge in [0, 0.05) is 6.04 Å². The topological polar surface area (TPSA) is 26.0 Å². The van der Waals surface area contributed by atoms with Gasteiger partial charge in [0.05, 0.1) is 0 Å². The minimum atomic E-state index is -0.144. The average Bonchev–Trinajstić information content (AvgIpc) is 2.52. The molecule has 1 aromatic carbocycles. The first-order valence-corrected chi connectivity index (χ1v) is 5.99. The second-order valence-electron chi connectivity index (χ2n) is 5.56. The van der Waals surface area contributed by atoms with Gasteiger partial charge >= 0.3 is 0 Å². The van der Waals surface area contributed by atoms with Crippen molar-refractivity contribution in [3.8, 4) is 0 Å². The van der Waals surface area contributed by atoms with E-state index in [2.05, 4.69) is 6.92 Å². The molecule has 2 unspecified atom stereocenters. The van der Waals surface area contributed by atoms with Crippen LogP contribution in [0.25, 0.3) is 0 Å². The second kappa shape index (κ2) is 4.17. The summed E-state index contributed by atoms with van der Waals surface area (Å²) in [4.78, 5) is 0. The molecule has 0 aromatic heterocycles. The van der Waals surface area contributed by atoms with Gasteiger partial charge in [0.1, 0.15) is 5.82 Å². The minimum absolute atomic E-state index is 0.144. The largest absolute Gasteiger partial charge is 0.328 e. The lowest BCUT2D eigenvalue weighted by molar-refractivity contribution is 0.329. The highest BCUT2D eigenvalue weighted by molar-refractivity contribution is 5.27. The molecule has 0 aliphatic heterocycles. The van der Waals surface area contributed by atoms with Crippen LogP contribution in [0.4, 0.5) is 4.39 Å². The Hall–Kier alpha value is -0.890. The molecule has 1 fully saturated rings. The summed E-state index contributed by atoms with van der Waals surface area (Å²) in [6, 6.07) is 5.44. The Morgan fingerprint density at radius 2 is 2.25 bits per heavy atom. The highest BCUT2D eigenvalue weighted by atomic mass is 19.1. The molecule has 1 nitrogen and oxygen atoms in total. The zero-order valence-electron chi connectivity index (χ0n) is 10.1. The molecule has 1 aliphatic rings. The molecule has 0 spiro atoms. The Labute approximate surface area is 96.9 Å². The van der Waals surface area contributed by atoms with Crippen molar-refractivity contribution in [3.05, 3.63) is 35.1 Å². The van der Waals surface area contributed by atoms with Gasteiger partial charge in [0.2, 0.25) is 0 Å². The number of rotatable bonds is 2. The van der Waals surface area contributed by atoms with Crippen molar-refractivity contribution < 1.29 is 4.39 Å². The Kier molecular flexibility index (Phi) is 3.02. The zero-order valence-corrected chi connectivity index (χ0v) is 10.1. The minimum Gasteiger partial charge on any atom is -0.328 e. The van der Waals surface area contributed by atoms with E-state index in [0.717, 1.165) is 24.8 Å². The number of hydrogen-bond acceptors (Lipinski definition) is 1. The van der Waals surface area contributed by atoms with Crippen LogP contribution in [-0.4, -0.2) is 6.04 Å². The van der Waals surface area contributed by atoms with Crippen molar-refractivity contribution in [3.63, 3.8) is 0 Å². The fourth-order valence-corrected chi connectivity index (χ4v) is 2.85. The Morgan fingerprint density at radius 1 is 1.50 bits per heavy atom. The van der Waals surface area contributed by atoms with Gasteiger partial charge in [-0.2, -0.15) is 0 Å². The summed E-state index contributed by atoms with van der Waals surface area (Å²) in [5.41, 5.74) is 8.59. The maximum atomic E-state index is 13.0. The van der Waals surface area contributed by atoms with E-state index in [1.807, 2.05) is 13.0 Å². The molecule has 2 rings (SSSR count). The summed E-state index contributed by atoms with van der Waals surface area (Å²) < 4.78 is 13.0. The summed E-state index contributed by atoms with van der Waals surface area (Å²) in [5, 5.41) is 0. The molecule has 16 heavy (non-hydrogen) atoms. The van der Waals surface area contributed by atoms with Crippen molar-refractivity contribution in [1.29, 1.82) is 0 Å². The van der Waals surface area contributed by atoms with Crippen LogP contribution in [-0.2, 0) is 6.42 Å². The normalized spacial score (nSPS) is 29.6. The van der Waals surface area contributed by atoms with Crippen LogP contribution in [0.5, 0.6) is 0 Å². The molecule has 2 N–H and O–H groups in total. The molecular formula is C14H20FN. The predicted molar refractivity (Wildman–Crippen MR) is 64.8 cm³/mol. The van der Waals surface area contributed by atoms with Gasteiger partial charge in [-0.3, -0.25) is 0 Å². The predicted octanol–water partition coefficient (Wildman–Crippen LogP) is 3.19. The van der Waals surface area contributed by atoms with E-state index in [1.54, 1.807) is 12.1 Å². The highest BCUT2D eigenvalue weighted by Gasteiger charge is 2.33. The number of nitrogens with two attached hydrogens (primary N) is 1. The van der Waals surface area contributed by atoms with Gasteiger partial charge in [0.25, 0.3) is 0 Å². The molecule has 1 saturated carbocycles. The van der Waals surface area contributed by atoms with Crippen molar-refractivity contribution in [2.75, 3.05) is 0 Å². The maximum Gasteiger partial charge on any atom is 0.123 e. The first-order chi connectivity index (χ1) is 7.48. The smallest absolute Gasteiger partial charge is 0.123 e. The molecule has 1 aromatic rings. The number of aryl methyl sites for hydroxylation is 1. The summed E-state index contributed by atoms with van der Waals surface area (Å²) in [5.74, 6) is -0.144. The van der Waals surface area contributed by atoms with Crippen LogP contribution in [0.1, 0.15) is 37.3 Å². The fourth-order valence-electron chi connectivity index (χ4n) is 2.85. The summed E-state index contributed by atoms with van der Waals surface area (Å²) >= 11 is 0. The maximum absolute atomic E-state index is 13.0. The second-order valence-corrected chi connectivity index (χ2v) is 5.56. The van der Waals surface area contributed by atoms with E-state index < -0.39 is 0 Å². The van der Waals surface area contributed by atoms with Crippen LogP contribution >= 0.6 is 0 Å². The van der Waals surface area contributed by atoms with E-state index >= 15 is 0 Å². The number of benzene rings is 1. The van der Waals surface area contributed by atoms with Crippen molar-refractivity contribution in [1.82, 2.24) is 0 Å². The summed E-state index contributed by atoms with van der Waals surface area (Å²) in [6.45, 7) is 4.28. The standard InChI is InChI=1S/C14H20FN/c1-10-7-12(15)4-3-11(10)8-14(2)6-5-13(16)9-14/h3-4,7,13H,5-6,8-9,16H2,1-2H3. The lowest BCUT2D eigenvalue weighted by atomic mass is 9.81. The van der Waals surface area contributed by atoms with Crippen molar-refractivity contribution in [2.24, 2.45) is 11.1 Å². The van der Waals surface area contributed by atoms with E-state index in [4.69, 9.17) is 5.73 Å². The van der Waals surface area contributed by atoms with E-state index in [9.17, 15) is 4.39 Å².